The van der Waals surface area contributed by atoms with Gasteiger partial charge in [0.25, 0.3) is 5.91 Å². The number of rotatable bonds is 8. The van der Waals surface area contributed by atoms with E-state index in [1.807, 2.05) is 37.9 Å². The lowest BCUT2D eigenvalue weighted by Crippen LogP contribution is -2.40. The molecule has 1 aromatic carbocycles. The number of piperidine rings is 1. The third-order valence-corrected chi connectivity index (χ3v) is 9.05. The molecule has 15 heteroatoms. The summed E-state index contributed by atoms with van der Waals surface area (Å²) in [5.74, 6) is -0.867. The number of aryl methyl sites for hydroxylation is 1. The smallest absolute Gasteiger partial charge is 0.323 e. The average Bonchev–Trinajstić information content (AvgIpc) is 3.59. The van der Waals surface area contributed by atoms with Crippen LogP contribution in [0.1, 0.15) is 60.8 Å². The van der Waals surface area contributed by atoms with Gasteiger partial charge < -0.3 is 20.3 Å². The molecular weight excluding hydrogens is 620 g/mol. The molecule has 3 N–H and O–H groups in total. The number of hydrogen-bond acceptors (Lipinski definition) is 10. The Morgan fingerprint density at radius 3 is 2.67 bits per heavy atom. The summed E-state index contributed by atoms with van der Waals surface area (Å²) in [6.45, 7) is 6.67. The van der Waals surface area contributed by atoms with Crippen molar-refractivity contribution >= 4 is 50.7 Å². The number of ether oxygens (including phenoxy) is 1. The van der Waals surface area contributed by atoms with E-state index < -0.39 is 34.1 Å². The molecular formula is C30H37ClN8O5S. The number of nitrogens with two attached hydrogens (primary N) is 1. The van der Waals surface area contributed by atoms with Gasteiger partial charge in [0.2, 0.25) is 10.0 Å². The summed E-state index contributed by atoms with van der Waals surface area (Å²) in [5, 5.41) is 14.9. The summed E-state index contributed by atoms with van der Waals surface area (Å²) in [6.07, 6.45) is 4.57. The van der Waals surface area contributed by atoms with Crippen LogP contribution in [0.4, 0.5) is 11.5 Å². The predicted octanol–water partition coefficient (Wildman–Crippen LogP) is 3.28. The first-order valence-corrected chi connectivity index (χ1v) is 17.1. The van der Waals surface area contributed by atoms with Crippen LogP contribution in [0.2, 0.25) is 5.02 Å². The molecule has 45 heavy (non-hydrogen) atoms. The maximum absolute atomic E-state index is 13.9. The Morgan fingerprint density at radius 2 is 1.98 bits per heavy atom. The van der Waals surface area contributed by atoms with E-state index in [1.165, 1.54) is 18.2 Å². The topological polar surface area (TPSA) is 176 Å². The first kappa shape index (κ1) is 32.5. The van der Waals surface area contributed by atoms with Crippen LogP contribution in [0, 0.1) is 30.1 Å². The number of fused-ring (bicyclic) bond motifs is 1. The molecule has 3 aromatic rings. The molecule has 2 aliphatic heterocycles. The molecule has 0 radical (unpaired) electrons. The van der Waals surface area contributed by atoms with E-state index in [9.17, 15) is 23.3 Å². The van der Waals surface area contributed by atoms with Crippen molar-refractivity contribution in [3.05, 3.63) is 52.3 Å². The zero-order chi connectivity index (χ0) is 32.6. The molecule has 0 spiro atoms. The highest BCUT2D eigenvalue weighted by Gasteiger charge is 2.38. The number of carbonyl (C=O) groups excluding carboxylic acids is 2. The summed E-state index contributed by atoms with van der Waals surface area (Å²) < 4.78 is 33.7. The number of benzene rings is 1. The average molecular weight is 657 g/mol. The second-order valence-electron chi connectivity index (χ2n) is 12.1. The summed E-state index contributed by atoms with van der Waals surface area (Å²) in [4.78, 5) is 34.9. The lowest BCUT2D eigenvalue weighted by atomic mass is 9.98. The summed E-state index contributed by atoms with van der Waals surface area (Å²) in [6, 6.07) is 7.42. The third-order valence-electron chi connectivity index (χ3n) is 8.23. The van der Waals surface area contributed by atoms with Crippen LogP contribution in [0.25, 0.3) is 5.65 Å². The highest BCUT2D eigenvalue weighted by molar-refractivity contribution is 7.92. The van der Waals surface area contributed by atoms with Crippen molar-refractivity contribution in [2.75, 3.05) is 35.5 Å². The minimum atomic E-state index is -3.64. The number of aromatic nitrogens is 3. The number of halogens is 1. The van der Waals surface area contributed by atoms with E-state index in [4.69, 9.17) is 32.2 Å². The molecule has 1 amide bonds. The van der Waals surface area contributed by atoms with Crippen molar-refractivity contribution in [3.63, 3.8) is 0 Å². The van der Waals surface area contributed by atoms with Crippen LogP contribution >= 0.6 is 11.6 Å². The SMILES string of the molecule is Cc1cn2nc([C@@H]3CCCCN3C(=O)c3cc(Cl)ccc3NS(C)(=O)=O)cc2nc1N1C[C@@H](C#N)[C@@H](OC(=O)[C@H](N)C(C)C)C1. The van der Waals surface area contributed by atoms with Gasteiger partial charge in [0.1, 0.15) is 23.9 Å². The number of esters is 1. The molecule has 4 heterocycles. The summed E-state index contributed by atoms with van der Waals surface area (Å²) in [7, 11) is -3.64. The highest BCUT2D eigenvalue weighted by Crippen LogP contribution is 2.35. The van der Waals surface area contributed by atoms with Gasteiger partial charge in [-0.3, -0.25) is 14.3 Å². The number of nitrogens with one attached hydrogen (secondary N) is 1. The standard InChI is InChI=1S/C30H37ClN8O5S/c1-17(2)27(33)30(41)44-25-16-37(15-19(25)13-32)28-18(3)14-39-26(34-28)12-23(35-39)24-7-5-6-10-38(24)29(40)21-11-20(31)8-9-22(21)36-45(4,42)43/h8-9,11-12,14,17,19,24-25,27,36H,5-7,10,15-16,33H2,1-4H3/t19-,24+,25+,27-/m1/s1. The van der Waals surface area contributed by atoms with E-state index in [0.717, 1.165) is 24.7 Å². The fourth-order valence-electron chi connectivity index (χ4n) is 5.81. The summed E-state index contributed by atoms with van der Waals surface area (Å²) in [5.41, 5.74) is 8.30. The molecule has 0 bridgehead atoms. The monoisotopic (exact) mass is 656 g/mol. The molecule has 240 valence electrons. The number of carbonyl (C=O) groups is 2. The molecule has 0 saturated carbocycles. The fourth-order valence-corrected chi connectivity index (χ4v) is 6.56. The van der Waals surface area contributed by atoms with Gasteiger partial charge in [-0.1, -0.05) is 25.4 Å². The largest absolute Gasteiger partial charge is 0.458 e. The van der Waals surface area contributed by atoms with Gasteiger partial charge in [0.15, 0.2) is 5.65 Å². The van der Waals surface area contributed by atoms with Crippen LogP contribution in [0.3, 0.4) is 0 Å². The number of likely N-dealkylation sites (tertiary alicyclic amines) is 1. The molecule has 2 saturated heterocycles. The number of nitriles is 1. The van der Waals surface area contributed by atoms with Crippen molar-refractivity contribution in [3.8, 4) is 6.07 Å². The first-order chi connectivity index (χ1) is 21.3. The van der Waals surface area contributed by atoms with Crippen molar-refractivity contribution in [2.45, 2.75) is 58.2 Å². The van der Waals surface area contributed by atoms with E-state index in [2.05, 4.69) is 10.8 Å². The zero-order valence-electron chi connectivity index (χ0n) is 25.6. The normalized spacial score (nSPS) is 21.2. The second kappa shape index (κ2) is 12.8. The Labute approximate surface area is 267 Å². The molecule has 2 fully saturated rings. The first-order valence-electron chi connectivity index (χ1n) is 14.8. The number of sulfonamides is 1. The van der Waals surface area contributed by atoms with E-state index >= 15 is 0 Å². The molecule has 0 unspecified atom stereocenters. The minimum absolute atomic E-state index is 0.0926. The Bertz CT molecular complexity index is 1770. The molecule has 13 nitrogen and oxygen atoms in total. The van der Waals surface area contributed by atoms with Crippen molar-refractivity contribution < 1.29 is 22.7 Å². The van der Waals surface area contributed by atoms with Gasteiger partial charge in [-0.25, -0.2) is 17.9 Å². The number of nitrogens with zero attached hydrogens (tertiary/aromatic N) is 6. The molecule has 2 aliphatic rings. The van der Waals surface area contributed by atoms with Crippen LogP contribution in [-0.2, 0) is 19.6 Å². The van der Waals surface area contributed by atoms with Gasteiger partial charge in [-0.2, -0.15) is 10.4 Å². The Balaban J connectivity index is 1.42. The lowest BCUT2D eigenvalue weighted by Gasteiger charge is -2.35. The Hall–Kier alpha value is -3.93. The van der Waals surface area contributed by atoms with Gasteiger partial charge in [0, 0.05) is 35.9 Å². The van der Waals surface area contributed by atoms with Crippen LogP contribution in [0.15, 0.2) is 30.5 Å². The Morgan fingerprint density at radius 1 is 1.22 bits per heavy atom. The van der Waals surface area contributed by atoms with Crippen molar-refractivity contribution in [1.29, 1.82) is 5.26 Å². The third kappa shape index (κ3) is 7.00. The maximum atomic E-state index is 13.9. The van der Waals surface area contributed by atoms with Gasteiger partial charge in [-0.15, -0.1) is 0 Å². The van der Waals surface area contributed by atoms with Gasteiger partial charge in [-0.05, 0) is 50.3 Å². The van der Waals surface area contributed by atoms with Crippen LogP contribution < -0.4 is 15.4 Å². The molecule has 2 aromatic heterocycles. The van der Waals surface area contributed by atoms with Gasteiger partial charge in [0.05, 0.1) is 41.9 Å². The fraction of sp³-hybridized carbons (Fsp3) is 0.500. The van der Waals surface area contributed by atoms with E-state index in [-0.39, 0.29) is 29.1 Å². The number of amides is 1. The second-order valence-corrected chi connectivity index (χ2v) is 14.3. The van der Waals surface area contributed by atoms with Crippen LogP contribution in [0.5, 0.6) is 0 Å². The maximum Gasteiger partial charge on any atom is 0.323 e. The summed E-state index contributed by atoms with van der Waals surface area (Å²) >= 11 is 6.22. The zero-order valence-corrected chi connectivity index (χ0v) is 27.2. The predicted molar refractivity (Wildman–Crippen MR) is 169 cm³/mol. The molecule has 5 rings (SSSR count). The minimum Gasteiger partial charge on any atom is -0.458 e. The van der Waals surface area contributed by atoms with Crippen molar-refractivity contribution in [1.82, 2.24) is 19.5 Å². The van der Waals surface area contributed by atoms with Crippen molar-refractivity contribution in [2.24, 2.45) is 17.6 Å². The van der Waals surface area contributed by atoms with Crippen LogP contribution in [-0.4, -0.2) is 77.8 Å². The van der Waals surface area contributed by atoms with E-state index in [1.54, 1.807) is 9.42 Å². The number of hydrogen-bond donors (Lipinski definition) is 2. The highest BCUT2D eigenvalue weighted by atomic mass is 35.5. The van der Waals surface area contributed by atoms with Gasteiger partial charge >= 0.3 is 5.97 Å². The molecule has 4 atom stereocenters. The quantitative estimate of drug-likeness (QED) is 0.342. The number of anilines is 2. The van der Waals surface area contributed by atoms with E-state index in [0.29, 0.717) is 48.2 Å². The lowest BCUT2D eigenvalue weighted by molar-refractivity contribution is -0.151. The Kier molecular flexibility index (Phi) is 9.25. The molecule has 0 aliphatic carbocycles.